The van der Waals surface area contributed by atoms with E-state index in [-0.39, 0.29) is 0 Å². The van der Waals surface area contributed by atoms with Crippen molar-refractivity contribution in [2.24, 2.45) is 7.05 Å². The minimum Gasteiger partial charge on any atom is -0.311 e. The number of thiophene rings is 1. The van der Waals surface area contributed by atoms with Crippen molar-refractivity contribution in [3.63, 3.8) is 0 Å². The number of hydrogen-bond acceptors (Lipinski definition) is 3. The van der Waals surface area contributed by atoms with E-state index in [1.54, 1.807) is 11.3 Å². The molecule has 0 fully saturated rings. The molecule has 0 amide bonds. The lowest BCUT2D eigenvalue weighted by Gasteiger charge is -2.05. The fraction of sp³-hybridized carbons (Fsp3) is 0.462. The SMILES string of the molecule is CCc1nn(C)c(CNCCc2ccsc2)c1Br. The molecule has 0 spiro atoms. The largest absolute Gasteiger partial charge is 0.311 e. The maximum atomic E-state index is 4.49. The molecule has 0 radical (unpaired) electrons. The van der Waals surface area contributed by atoms with Crippen LogP contribution in [0.25, 0.3) is 0 Å². The standard InChI is InChI=1S/C13H18BrN3S/c1-3-11-13(14)12(17(2)16-11)8-15-6-4-10-5-7-18-9-10/h5,7,9,15H,3-4,6,8H2,1-2H3. The van der Waals surface area contributed by atoms with E-state index in [9.17, 15) is 0 Å². The van der Waals surface area contributed by atoms with Gasteiger partial charge >= 0.3 is 0 Å². The summed E-state index contributed by atoms with van der Waals surface area (Å²) in [7, 11) is 2.00. The van der Waals surface area contributed by atoms with Crippen LogP contribution in [0.2, 0.25) is 0 Å². The first-order chi connectivity index (χ1) is 8.72. The molecule has 2 aromatic heterocycles. The van der Waals surface area contributed by atoms with Gasteiger partial charge in [0.2, 0.25) is 0 Å². The molecule has 0 aromatic carbocycles. The van der Waals surface area contributed by atoms with E-state index in [1.807, 2.05) is 11.7 Å². The molecule has 2 aromatic rings. The molecule has 3 nitrogen and oxygen atoms in total. The molecule has 0 aliphatic rings. The van der Waals surface area contributed by atoms with E-state index < -0.39 is 0 Å². The number of hydrogen-bond donors (Lipinski definition) is 1. The van der Waals surface area contributed by atoms with Crippen LogP contribution < -0.4 is 5.32 Å². The quantitative estimate of drug-likeness (QED) is 0.826. The second-order valence-electron chi connectivity index (χ2n) is 4.24. The third-order valence-electron chi connectivity index (χ3n) is 2.97. The van der Waals surface area contributed by atoms with Crippen molar-refractivity contribution in [2.45, 2.75) is 26.3 Å². The zero-order valence-corrected chi connectivity index (χ0v) is 13.1. The average Bonchev–Trinajstić information content (AvgIpc) is 2.96. The molecule has 0 saturated carbocycles. The molecule has 5 heteroatoms. The van der Waals surface area contributed by atoms with Crippen molar-refractivity contribution in [1.82, 2.24) is 15.1 Å². The van der Waals surface area contributed by atoms with Crippen molar-refractivity contribution in [1.29, 1.82) is 0 Å². The Bertz CT molecular complexity index is 491. The van der Waals surface area contributed by atoms with Gasteiger partial charge in [-0.05, 0) is 57.7 Å². The summed E-state index contributed by atoms with van der Waals surface area (Å²) < 4.78 is 3.11. The van der Waals surface area contributed by atoms with Gasteiger partial charge in [0.25, 0.3) is 0 Å². The van der Waals surface area contributed by atoms with Gasteiger partial charge in [-0.3, -0.25) is 4.68 Å². The van der Waals surface area contributed by atoms with E-state index in [2.05, 4.69) is 50.1 Å². The van der Waals surface area contributed by atoms with E-state index in [0.29, 0.717) is 0 Å². The highest BCUT2D eigenvalue weighted by atomic mass is 79.9. The van der Waals surface area contributed by atoms with Gasteiger partial charge in [-0.2, -0.15) is 16.4 Å². The van der Waals surface area contributed by atoms with Crippen molar-refractivity contribution in [3.8, 4) is 0 Å². The Balaban J connectivity index is 1.85. The van der Waals surface area contributed by atoms with Crippen LogP contribution in [-0.4, -0.2) is 16.3 Å². The Morgan fingerprint density at radius 3 is 2.94 bits per heavy atom. The zero-order chi connectivity index (χ0) is 13.0. The predicted molar refractivity (Wildman–Crippen MR) is 80.0 cm³/mol. The van der Waals surface area contributed by atoms with E-state index >= 15 is 0 Å². The van der Waals surface area contributed by atoms with Gasteiger partial charge in [-0.1, -0.05) is 6.92 Å². The molecular weight excluding hydrogens is 310 g/mol. The van der Waals surface area contributed by atoms with Crippen LogP contribution in [0.3, 0.4) is 0 Å². The molecule has 0 bridgehead atoms. The Kier molecular flexibility index (Phi) is 4.97. The highest BCUT2D eigenvalue weighted by molar-refractivity contribution is 9.10. The molecule has 0 aliphatic carbocycles. The second-order valence-corrected chi connectivity index (χ2v) is 5.82. The number of aryl methyl sites for hydroxylation is 2. The molecule has 0 aliphatic heterocycles. The first-order valence-electron chi connectivity index (χ1n) is 6.14. The zero-order valence-electron chi connectivity index (χ0n) is 10.7. The van der Waals surface area contributed by atoms with Crippen LogP contribution in [0, 0.1) is 0 Å². The summed E-state index contributed by atoms with van der Waals surface area (Å²) in [5, 5.41) is 12.3. The molecule has 18 heavy (non-hydrogen) atoms. The van der Waals surface area contributed by atoms with Crippen molar-refractivity contribution in [2.75, 3.05) is 6.54 Å². The topological polar surface area (TPSA) is 29.9 Å². The highest BCUT2D eigenvalue weighted by Crippen LogP contribution is 2.21. The first kappa shape index (κ1) is 13.8. The van der Waals surface area contributed by atoms with Crippen LogP contribution in [0.5, 0.6) is 0 Å². The fourth-order valence-corrected chi connectivity index (χ4v) is 3.35. The van der Waals surface area contributed by atoms with E-state index in [0.717, 1.165) is 36.1 Å². The van der Waals surface area contributed by atoms with Crippen LogP contribution in [0.4, 0.5) is 0 Å². The third-order valence-corrected chi connectivity index (χ3v) is 4.61. The van der Waals surface area contributed by atoms with Crippen molar-refractivity contribution < 1.29 is 0 Å². The summed E-state index contributed by atoms with van der Waals surface area (Å²) in [4.78, 5) is 0. The predicted octanol–water partition coefficient (Wildman–Crippen LogP) is 3.14. The van der Waals surface area contributed by atoms with E-state index in [1.165, 1.54) is 11.3 Å². The second kappa shape index (κ2) is 6.50. The van der Waals surface area contributed by atoms with Gasteiger partial charge in [0.05, 0.1) is 15.9 Å². The lowest BCUT2D eigenvalue weighted by Crippen LogP contribution is -2.18. The molecule has 98 valence electrons. The lowest BCUT2D eigenvalue weighted by atomic mass is 10.2. The molecule has 0 unspecified atom stereocenters. The maximum absolute atomic E-state index is 4.49. The molecule has 0 atom stereocenters. The monoisotopic (exact) mass is 327 g/mol. The minimum absolute atomic E-state index is 0.855. The van der Waals surface area contributed by atoms with E-state index in [4.69, 9.17) is 0 Å². The molecule has 2 heterocycles. The molecule has 0 saturated heterocycles. The summed E-state index contributed by atoms with van der Waals surface area (Å²) in [6, 6.07) is 2.18. The van der Waals surface area contributed by atoms with Gasteiger partial charge in [0.15, 0.2) is 0 Å². The van der Waals surface area contributed by atoms with Crippen molar-refractivity contribution >= 4 is 27.3 Å². The Morgan fingerprint density at radius 1 is 1.50 bits per heavy atom. The smallest absolute Gasteiger partial charge is 0.0767 e. The van der Waals surface area contributed by atoms with Gasteiger partial charge < -0.3 is 5.32 Å². The average molecular weight is 328 g/mol. The number of aromatic nitrogens is 2. The van der Waals surface area contributed by atoms with Gasteiger partial charge in [0.1, 0.15) is 0 Å². The Hall–Kier alpha value is -0.650. The first-order valence-corrected chi connectivity index (χ1v) is 7.88. The Morgan fingerprint density at radius 2 is 2.33 bits per heavy atom. The van der Waals surface area contributed by atoms with Crippen LogP contribution >= 0.6 is 27.3 Å². The normalized spacial score (nSPS) is 11.1. The molecule has 1 N–H and O–H groups in total. The summed E-state index contributed by atoms with van der Waals surface area (Å²) >= 11 is 5.39. The fourth-order valence-electron chi connectivity index (χ4n) is 1.89. The third kappa shape index (κ3) is 3.22. The minimum atomic E-state index is 0.855. The highest BCUT2D eigenvalue weighted by Gasteiger charge is 2.11. The summed E-state index contributed by atoms with van der Waals surface area (Å²) in [6.45, 7) is 3.98. The van der Waals surface area contributed by atoms with Crippen LogP contribution in [0.15, 0.2) is 21.3 Å². The van der Waals surface area contributed by atoms with Crippen molar-refractivity contribution in [3.05, 3.63) is 38.3 Å². The van der Waals surface area contributed by atoms with Gasteiger partial charge in [0, 0.05) is 13.6 Å². The molecular formula is C13H18BrN3S. The maximum Gasteiger partial charge on any atom is 0.0767 e. The van der Waals surface area contributed by atoms with Gasteiger partial charge in [-0.15, -0.1) is 0 Å². The number of halogens is 1. The lowest BCUT2D eigenvalue weighted by molar-refractivity contribution is 0.622. The van der Waals surface area contributed by atoms with Crippen LogP contribution in [0.1, 0.15) is 23.9 Å². The number of rotatable bonds is 6. The number of nitrogens with zero attached hydrogens (tertiary/aromatic N) is 2. The van der Waals surface area contributed by atoms with Crippen LogP contribution in [-0.2, 0) is 26.4 Å². The summed E-state index contributed by atoms with van der Waals surface area (Å²) in [5.74, 6) is 0. The van der Waals surface area contributed by atoms with Gasteiger partial charge in [-0.25, -0.2) is 0 Å². The Labute approximate surface area is 120 Å². The summed E-state index contributed by atoms with van der Waals surface area (Å²) in [6.07, 6.45) is 2.04. The molecule has 2 rings (SSSR count). The number of nitrogens with one attached hydrogen (secondary N) is 1. The summed E-state index contributed by atoms with van der Waals surface area (Å²) in [5.41, 5.74) is 3.76.